The molecule has 9 heteroatoms. The van der Waals surface area contributed by atoms with Gasteiger partial charge in [0.25, 0.3) is 0 Å². The molecule has 0 aliphatic rings. The number of benzene rings is 3. The van der Waals surface area contributed by atoms with Crippen LogP contribution in [0.3, 0.4) is 0 Å². The Morgan fingerprint density at radius 1 is 1.06 bits per heavy atom. The molecular formula is C25H26N4O3S2. The van der Waals surface area contributed by atoms with Gasteiger partial charge in [-0.3, -0.25) is 4.79 Å². The van der Waals surface area contributed by atoms with E-state index in [1.165, 1.54) is 23.9 Å². The van der Waals surface area contributed by atoms with Crippen LogP contribution in [-0.4, -0.2) is 29.6 Å². The predicted molar refractivity (Wildman–Crippen MR) is 135 cm³/mol. The number of amides is 1. The highest BCUT2D eigenvalue weighted by molar-refractivity contribution is 7.99. The first-order valence-corrected chi connectivity index (χ1v) is 13.4. The predicted octanol–water partition coefficient (Wildman–Crippen LogP) is 3.90. The summed E-state index contributed by atoms with van der Waals surface area (Å²) in [7, 11) is -3.82. The average molecular weight is 495 g/mol. The second-order valence-corrected chi connectivity index (χ2v) is 10.3. The fraction of sp³-hybridized carbons (Fsp3) is 0.200. The maximum atomic E-state index is 12.9. The van der Waals surface area contributed by atoms with Gasteiger partial charge in [-0.1, -0.05) is 72.4 Å². The Balaban J connectivity index is 1.50. The fourth-order valence-corrected chi connectivity index (χ4v) is 5.26. The number of aryl methyl sites for hydroxylation is 1. The molecule has 0 radical (unpaired) electrons. The highest BCUT2D eigenvalue weighted by atomic mass is 32.2. The summed E-state index contributed by atoms with van der Waals surface area (Å²) in [4.78, 5) is 17.5. The van der Waals surface area contributed by atoms with Crippen LogP contribution < -0.4 is 10.5 Å². The van der Waals surface area contributed by atoms with Crippen LogP contribution in [0.1, 0.15) is 24.1 Å². The van der Waals surface area contributed by atoms with Gasteiger partial charge in [-0.2, -0.15) is 0 Å². The maximum Gasteiger partial charge on any atom is 0.238 e. The van der Waals surface area contributed by atoms with E-state index >= 15 is 0 Å². The summed E-state index contributed by atoms with van der Waals surface area (Å²) in [5.41, 5.74) is 3.51. The summed E-state index contributed by atoms with van der Waals surface area (Å²) in [5.74, 6) is 0.0819. The third-order valence-electron chi connectivity index (χ3n) is 5.48. The Kier molecular flexibility index (Phi) is 7.35. The third kappa shape index (κ3) is 5.67. The minimum atomic E-state index is -3.82. The van der Waals surface area contributed by atoms with Gasteiger partial charge in [0.05, 0.1) is 27.7 Å². The van der Waals surface area contributed by atoms with Crippen molar-refractivity contribution in [1.29, 1.82) is 0 Å². The summed E-state index contributed by atoms with van der Waals surface area (Å²) in [6, 6.07) is 24.5. The van der Waals surface area contributed by atoms with E-state index in [-0.39, 0.29) is 22.6 Å². The van der Waals surface area contributed by atoms with Crippen LogP contribution in [0.15, 0.2) is 88.9 Å². The molecule has 0 saturated heterocycles. The molecule has 0 fully saturated rings. The van der Waals surface area contributed by atoms with Crippen molar-refractivity contribution in [3.63, 3.8) is 0 Å². The Morgan fingerprint density at radius 3 is 2.38 bits per heavy atom. The molecule has 176 valence electrons. The van der Waals surface area contributed by atoms with E-state index in [4.69, 9.17) is 5.14 Å². The molecule has 1 aromatic heterocycles. The monoisotopic (exact) mass is 494 g/mol. The van der Waals surface area contributed by atoms with Gasteiger partial charge in [0, 0.05) is 6.54 Å². The van der Waals surface area contributed by atoms with E-state index in [1.54, 1.807) is 6.07 Å². The number of carbonyl (C=O) groups excluding carboxylic acids is 1. The zero-order valence-electron chi connectivity index (χ0n) is 18.7. The van der Waals surface area contributed by atoms with Crippen LogP contribution >= 0.6 is 11.8 Å². The molecule has 0 spiro atoms. The van der Waals surface area contributed by atoms with E-state index in [1.807, 2.05) is 60.0 Å². The molecule has 3 N–H and O–H groups in total. The summed E-state index contributed by atoms with van der Waals surface area (Å²) >= 11 is 1.32. The largest absolute Gasteiger partial charge is 0.348 e. The number of rotatable bonds is 9. The molecular weight excluding hydrogens is 468 g/mol. The number of hydrogen-bond acceptors (Lipinski definition) is 5. The Bertz CT molecular complexity index is 1390. The van der Waals surface area contributed by atoms with Crippen LogP contribution in [0.5, 0.6) is 0 Å². The molecule has 0 bridgehead atoms. The first-order chi connectivity index (χ1) is 16.3. The lowest BCUT2D eigenvalue weighted by molar-refractivity contribution is -0.119. The number of carbonyl (C=O) groups is 1. The maximum absolute atomic E-state index is 12.9. The van der Waals surface area contributed by atoms with Gasteiger partial charge < -0.3 is 9.88 Å². The normalized spacial score (nSPS) is 12.5. The summed E-state index contributed by atoms with van der Waals surface area (Å²) < 4.78 is 25.3. The number of imidazole rings is 1. The fourth-order valence-electron chi connectivity index (χ4n) is 3.83. The highest BCUT2D eigenvalue weighted by Crippen LogP contribution is 2.26. The quantitative estimate of drug-likeness (QED) is 0.343. The number of fused-ring (bicyclic) bond motifs is 1. The number of sulfonamides is 1. The van der Waals surface area contributed by atoms with Crippen molar-refractivity contribution in [3.05, 3.63) is 90.0 Å². The number of thioether (sulfide) groups is 1. The summed E-state index contributed by atoms with van der Waals surface area (Å²) in [5, 5.41) is 9.06. The lowest BCUT2D eigenvalue weighted by Gasteiger charge is -2.19. The number of primary sulfonamides is 1. The molecule has 0 aliphatic carbocycles. The lowest BCUT2D eigenvalue weighted by atomic mass is 9.99. The standard InChI is InChI=1S/C25H26N4O3S2/c1-2-29-23-14-13-20(34(26,31)32)16-22(23)28-25(29)33-17-24(30)27-21(19-11-7-4-8-12-19)15-18-9-5-3-6-10-18/h3-14,16,21H,2,15,17H2,1H3,(H,27,30)(H2,26,31,32)/t21-/m0/s1. The molecule has 0 aliphatic heterocycles. The van der Waals surface area contributed by atoms with Gasteiger partial charge in [-0.15, -0.1) is 0 Å². The van der Waals surface area contributed by atoms with Gasteiger partial charge in [0.15, 0.2) is 5.16 Å². The Morgan fingerprint density at radius 2 is 1.74 bits per heavy atom. The van der Waals surface area contributed by atoms with Crippen molar-refractivity contribution in [2.24, 2.45) is 5.14 Å². The SMILES string of the molecule is CCn1c(SCC(=O)N[C@@H](Cc2ccccc2)c2ccccc2)nc2cc(S(N)(=O)=O)ccc21. The third-order valence-corrected chi connectivity index (χ3v) is 7.37. The molecule has 1 heterocycles. The van der Waals surface area contributed by atoms with Crippen molar-refractivity contribution in [1.82, 2.24) is 14.9 Å². The van der Waals surface area contributed by atoms with Gasteiger partial charge in [0.1, 0.15) is 0 Å². The molecule has 0 saturated carbocycles. The second kappa shape index (κ2) is 10.4. The van der Waals surface area contributed by atoms with Crippen molar-refractivity contribution in [2.75, 3.05) is 5.75 Å². The lowest BCUT2D eigenvalue weighted by Crippen LogP contribution is -2.31. The topological polar surface area (TPSA) is 107 Å². The Hall–Kier alpha value is -3.14. The van der Waals surface area contributed by atoms with Gasteiger partial charge in [0.2, 0.25) is 15.9 Å². The number of nitrogens with two attached hydrogens (primary N) is 1. The smallest absolute Gasteiger partial charge is 0.238 e. The Labute approximate surface area is 203 Å². The van der Waals surface area contributed by atoms with Gasteiger partial charge >= 0.3 is 0 Å². The number of nitrogens with one attached hydrogen (secondary N) is 1. The summed E-state index contributed by atoms with van der Waals surface area (Å²) in [6.07, 6.45) is 0.686. The van der Waals surface area contributed by atoms with Crippen LogP contribution in [0.25, 0.3) is 11.0 Å². The molecule has 0 unspecified atom stereocenters. The summed E-state index contributed by atoms with van der Waals surface area (Å²) in [6.45, 7) is 2.61. The van der Waals surface area contributed by atoms with Crippen molar-refractivity contribution < 1.29 is 13.2 Å². The van der Waals surface area contributed by atoms with E-state index in [2.05, 4.69) is 22.4 Å². The molecule has 1 amide bonds. The first-order valence-electron chi connectivity index (χ1n) is 10.9. The molecule has 34 heavy (non-hydrogen) atoms. The molecule has 3 aromatic carbocycles. The van der Waals surface area contributed by atoms with Crippen molar-refractivity contribution >= 4 is 38.7 Å². The van der Waals surface area contributed by atoms with E-state index in [0.29, 0.717) is 23.6 Å². The van der Waals surface area contributed by atoms with E-state index < -0.39 is 10.0 Å². The minimum Gasteiger partial charge on any atom is -0.348 e. The first kappa shape index (κ1) is 24.0. The van der Waals surface area contributed by atoms with Crippen LogP contribution in [0.4, 0.5) is 0 Å². The molecule has 4 aromatic rings. The molecule has 4 rings (SSSR count). The van der Waals surface area contributed by atoms with Gasteiger partial charge in [-0.05, 0) is 42.7 Å². The minimum absolute atomic E-state index is 0.0154. The molecule has 7 nitrogen and oxygen atoms in total. The van der Waals surface area contributed by atoms with Crippen LogP contribution in [-0.2, 0) is 27.8 Å². The molecule has 1 atom stereocenters. The zero-order chi connectivity index (χ0) is 24.1. The van der Waals surface area contributed by atoms with Gasteiger partial charge in [-0.25, -0.2) is 18.5 Å². The second-order valence-electron chi connectivity index (χ2n) is 7.84. The zero-order valence-corrected chi connectivity index (χ0v) is 20.4. The van der Waals surface area contributed by atoms with Crippen LogP contribution in [0.2, 0.25) is 0 Å². The number of nitrogens with zero attached hydrogens (tertiary/aromatic N) is 2. The van der Waals surface area contributed by atoms with E-state index in [0.717, 1.165) is 16.6 Å². The highest BCUT2D eigenvalue weighted by Gasteiger charge is 2.18. The van der Waals surface area contributed by atoms with Crippen molar-refractivity contribution in [2.45, 2.75) is 36.0 Å². The average Bonchev–Trinajstić information content (AvgIpc) is 3.20. The number of aromatic nitrogens is 2. The van der Waals surface area contributed by atoms with E-state index in [9.17, 15) is 13.2 Å². The van der Waals surface area contributed by atoms with Crippen molar-refractivity contribution in [3.8, 4) is 0 Å². The van der Waals surface area contributed by atoms with Crippen LogP contribution in [0, 0.1) is 0 Å². The number of hydrogen-bond donors (Lipinski definition) is 2.